The molecule has 0 unspecified atom stereocenters. The third kappa shape index (κ3) is 4.42. The van der Waals surface area contributed by atoms with E-state index in [1.54, 1.807) is 42.5 Å². The van der Waals surface area contributed by atoms with Gasteiger partial charge in [-0.3, -0.25) is 4.18 Å². The summed E-state index contributed by atoms with van der Waals surface area (Å²) in [6.45, 7) is -0.0733. The molecule has 138 valence electrons. The Kier molecular flexibility index (Phi) is 5.69. The van der Waals surface area contributed by atoms with Crippen molar-refractivity contribution >= 4 is 16.1 Å². The lowest BCUT2D eigenvalue weighted by atomic mass is 9.99. The van der Waals surface area contributed by atoms with Gasteiger partial charge < -0.3 is 4.74 Å². The third-order valence-electron chi connectivity index (χ3n) is 4.01. The Balaban J connectivity index is 1.76. The van der Waals surface area contributed by atoms with Gasteiger partial charge >= 0.3 is 5.97 Å². The molecule has 0 saturated heterocycles. The standard InChI is InChI=1S/C21H18O5S/c1-25-21(22)20-10-6-5-9-19(20)17-13-11-16(12-14-17)15-26-27(23,24)18-7-3-2-4-8-18/h2-14H,15H2,1H3. The van der Waals surface area contributed by atoms with Gasteiger partial charge in [-0.15, -0.1) is 0 Å². The fourth-order valence-electron chi connectivity index (χ4n) is 2.60. The summed E-state index contributed by atoms with van der Waals surface area (Å²) in [7, 11) is -2.46. The summed E-state index contributed by atoms with van der Waals surface area (Å²) in [4.78, 5) is 12.0. The van der Waals surface area contributed by atoms with E-state index in [4.69, 9.17) is 8.92 Å². The van der Waals surface area contributed by atoms with Crippen molar-refractivity contribution < 1.29 is 22.1 Å². The molecule has 3 rings (SSSR count). The van der Waals surface area contributed by atoms with E-state index in [1.807, 2.05) is 24.3 Å². The zero-order valence-electron chi connectivity index (χ0n) is 14.7. The van der Waals surface area contributed by atoms with Gasteiger partial charge in [0.15, 0.2) is 0 Å². The summed E-state index contributed by atoms with van der Waals surface area (Å²) in [5.41, 5.74) is 2.74. The molecule has 0 radical (unpaired) electrons. The number of hydrogen-bond acceptors (Lipinski definition) is 5. The van der Waals surface area contributed by atoms with Crippen LogP contribution < -0.4 is 0 Å². The second kappa shape index (κ2) is 8.16. The van der Waals surface area contributed by atoms with Gasteiger partial charge in [0.25, 0.3) is 10.1 Å². The van der Waals surface area contributed by atoms with Gasteiger partial charge in [-0.2, -0.15) is 8.42 Å². The van der Waals surface area contributed by atoms with Crippen molar-refractivity contribution in [3.63, 3.8) is 0 Å². The van der Waals surface area contributed by atoms with Crippen LogP contribution in [0.15, 0.2) is 83.8 Å². The van der Waals surface area contributed by atoms with Crippen molar-refractivity contribution in [2.24, 2.45) is 0 Å². The first-order valence-electron chi connectivity index (χ1n) is 8.22. The van der Waals surface area contributed by atoms with Crippen molar-refractivity contribution in [2.45, 2.75) is 11.5 Å². The maximum Gasteiger partial charge on any atom is 0.338 e. The fourth-order valence-corrected chi connectivity index (χ4v) is 3.52. The monoisotopic (exact) mass is 382 g/mol. The molecule has 3 aromatic carbocycles. The van der Waals surface area contributed by atoms with Crippen LogP contribution in [0.1, 0.15) is 15.9 Å². The Morgan fingerprint density at radius 1 is 0.852 bits per heavy atom. The van der Waals surface area contributed by atoms with Crippen LogP contribution in [0.4, 0.5) is 0 Å². The summed E-state index contributed by atoms with van der Waals surface area (Å²) in [5.74, 6) is -0.410. The summed E-state index contributed by atoms with van der Waals surface area (Å²) < 4.78 is 34.3. The van der Waals surface area contributed by atoms with Crippen molar-refractivity contribution in [1.29, 1.82) is 0 Å². The molecule has 6 heteroatoms. The average Bonchev–Trinajstić information content (AvgIpc) is 2.73. The van der Waals surface area contributed by atoms with Gasteiger partial charge in [-0.25, -0.2) is 4.79 Å². The average molecular weight is 382 g/mol. The van der Waals surface area contributed by atoms with E-state index in [0.29, 0.717) is 11.1 Å². The van der Waals surface area contributed by atoms with Crippen molar-refractivity contribution in [2.75, 3.05) is 7.11 Å². The third-order valence-corrected chi connectivity index (χ3v) is 5.29. The normalized spacial score (nSPS) is 11.1. The van der Waals surface area contributed by atoms with Gasteiger partial charge in [0.05, 0.1) is 24.2 Å². The van der Waals surface area contributed by atoms with Crippen molar-refractivity contribution in [1.82, 2.24) is 0 Å². The van der Waals surface area contributed by atoms with E-state index in [0.717, 1.165) is 11.1 Å². The van der Waals surface area contributed by atoms with E-state index in [1.165, 1.54) is 19.2 Å². The molecule has 0 spiro atoms. The molecule has 5 nitrogen and oxygen atoms in total. The lowest BCUT2D eigenvalue weighted by Crippen LogP contribution is -2.06. The summed E-state index contributed by atoms with van der Waals surface area (Å²) >= 11 is 0. The first-order chi connectivity index (χ1) is 13.0. The molecule has 0 amide bonds. The predicted molar refractivity (Wildman–Crippen MR) is 102 cm³/mol. The Labute approximate surface area is 158 Å². The lowest BCUT2D eigenvalue weighted by Gasteiger charge is -2.09. The van der Waals surface area contributed by atoms with Crippen LogP contribution in [-0.2, 0) is 25.6 Å². The first kappa shape index (κ1) is 18.8. The molecule has 27 heavy (non-hydrogen) atoms. The number of carbonyl (C=O) groups is 1. The van der Waals surface area contributed by atoms with E-state index in [2.05, 4.69) is 0 Å². The summed E-state index contributed by atoms with van der Waals surface area (Å²) in [5, 5.41) is 0. The van der Waals surface area contributed by atoms with Crippen molar-refractivity contribution in [3.8, 4) is 11.1 Å². The van der Waals surface area contributed by atoms with E-state index in [9.17, 15) is 13.2 Å². The Bertz CT molecular complexity index is 1030. The number of carbonyl (C=O) groups excluding carboxylic acids is 1. The quantitative estimate of drug-likeness (QED) is 0.475. The second-order valence-electron chi connectivity index (χ2n) is 5.76. The summed E-state index contributed by atoms with van der Waals surface area (Å²) in [6, 6.07) is 22.3. The Hall–Kier alpha value is -2.96. The molecule has 0 atom stereocenters. The van der Waals surface area contributed by atoms with Crippen LogP contribution in [0.5, 0.6) is 0 Å². The molecule has 0 saturated carbocycles. The number of methoxy groups -OCH3 is 1. The number of rotatable bonds is 6. The van der Waals surface area contributed by atoms with Crippen molar-refractivity contribution in [3.05, 3.63) is 90.0 Å². The van der Waals surface area contributed by atoms with Crippen LogP contribution in [0.25, 0.3) is 11.1 Å². The van der Waals surface area contributed by atoms with Crippen LogP contribution in [0.3, 0.4) is 0 Å². The fraction of sp³-hybridized carbons (Fsp3) is 0.0952. The number of ether oxygens (including phenoxy) is 1. The molecule has 0 fully saturated rings. The van der Waals surface area contributed by atoms with Crippen LogP contribution >= 0.6 is 0 Å². The summed E-state index contributed by atoms with van der Waals surface area (Å²) in [6.07, 6.45) is 0. The molecule has 0 aliphatic rings. The Morgan fingerprint density at radius 3 is 2.15 bits per heavy atom. The molecule has 0 bridgehead atoms. The number of benzene rings is 3. The van der Waals surface area contributed by atoms with Crippen LogP contribution in [0, 0.1) is 0 Å². The highest BCUT2D eigenvalue weighted by atomic mass is 32.2. The minimum Gasteiger partial charge on any atom is -0.465 e. The highest BCUT2D eigenvalue weighted by molar-refractivity contribution is 7.86. The maximum atomic E-state index is 12.2. The van der Waals surface area contributed by atoms with Gasteiger partial charge in [-0.1, -0.05) is 60.7 Å². The largest absolute Gasteiger partial charge is 0.465 e. The lowest BCUT2D eigenvalue weighted by molar-refractivity contribution is 0.0601. The molecular formula is C21H18O5S. The Morgan fingerprint density at radius 2 is 1.48 bits per heavy atom. The van der Waals surface area contributed by atoms with E-state index >= 15 is 0 Å². The van der Waals surface area contributed by atoms with Gasteiger partial charge in [0.2, 0.25) is 0 Å². The van der Waals surface area contributed by atoms with Gasteiger partial charge in [-0.05, 0) is 34.9 Å². The molecule has 0 aliphatic carbocycles. The zero-order chi connectivity index (χ0) is 19.3. The molecule has 0 N–H and O–H groups in total. The molecule has 0 heterocycles. The smallest absolute Gasteiger partial charge is 0.338 e. The second-order valence-corrected chi connectivity index (χ2v) is 7.38. The highest BCUT2D eigenvalue weighted by Crippen LogP contribution is 2.25. The van der Waals surface area contributed by atoms with E-state index < -0.39 is 16.1 Å². The molecule has 3 aromatic rings. The van der Waals surface area contributed by atoms with Crippen LogP contribution in [-0.4, -0.2) is 21.5 Å². The molecule has 0 aliphatic heterocycles. The minimum absolute atomic E-state index is 0.0733. The van der Waals surface area contributed by atoms with Crippen LogP contribution in [0.2, 0.25) is 0 Å². The molecule has 0 aromatic heterocycles. The zero-order valence-corrected chi connectivity index (χ0v) is 15.5. The SMILES string of the molecule is COC(=O)c1ccccc1-c1ccc(COS(=O)(=O)c2ccccc2)cc1. The highest BCUT2D eigenvalue weighted by Gasteiger charge is 2.15. The van der Waals surface area contributed by atoms with E-state index in [-0.39, 0.29) is 11.5 Å². The minimum atomic E-state index is -3.80. The predicted octanol–water partition coefficient (Wildman–Crippen LogP) is 4.05. The van der Waals surface area contributed by atoms with Gasteiger partial charge in [0.1, 0.15) is 0 Å². The van der Waals surface area contributed by atoms with Gasteiger partial charge in [0, 0.05) is 0 Å². The number of esters is 1. The first-order valence-corrected chi connectivity index (χ1v) is 9.63. The maximum absolute atomic E-state index is 12.2. The topological polar surface area (TPSA) is 69.7 Å². The molecular weight excluding hydrogens is 364 g/mol. The number of hydrogen-bond donors (Lipinski definition) is 0.